The van der Waals surface area contributed by atoms with E-state index in [1.54, 1.807) is 20.8 Å². The van der Waals surface area contributed by atoms with E-state index in [2.05, 4.69) is 4.90 Å². The van der Waals surface area contributed by atoms with Crippen LogP contribution in [0.5, 0.6) is 0 Å². The van der Waals surface area contributed by atoms with E-state index in [9.17, 15) is 9.59 Å². The smallest absolute Gasteiger partial charge is 0.263 e. The fourth-order valence-electron chi connectivity index (χ4n) is 4.52. The van der Waals surface area contributed by atoms with Gasteiger partial charge in [-0.25, -0.2) is 4.98 Å². The Labute approximate surface area is 170 Å². The van der Waals surface area contributed by atoms with E-state index in [1.807, 2.05) is 13.8 Å². The van der Waals surface area contributed by atoms with Crippen LogP contribution in [-0.2, 0) is 30.7 Å². The predicted octanol–water partition coefficient (Wildman–Crippen LogP) is 2.80. The van der Waals surface area contributed by atoms with Crippen LogP contribution in [0.2, 0.25) is 0 Å². The van der Waals surface area contributed by atoms with Crippen molar-refractivity contribution in [3.63, 3.8) is 0 Å². The lowest BCUT2D eigenvalue weighted by Gasteiger charge is -2.22. The molecule has 2 aromatic heterocycles. The van der Waals surface area contributed by atoms with Crippen LogP contribution in [0.15, 0.2) is 4.79 Å². The third kappa shape index (κ3) is 3.62. The van der Waals surface area contributed by atoms with Gasteiger partial charge in [-0.3, -0.25) is 19.1 Å². The van der Waals surface area contributed by atoms with Gasteiger partial charge in [0.25, 0.3) is 5.56 Å². The number of likely N-dealkylation sites (N-methyl/N-ethyl adjacent to an activating group) is 1. The highest BCUT2D eigenvalue weighted by molar-refractivity contribution is 7.18. The Kier molecular flexibility index (Phi) is 5.83. The number of aromatic nitrogens is 2. The van der Waals surface area contributed by atoms with Gasteiger partial charge in [-0.2, -0.15) is 0 Å². The topological polar surface area (TPSA) is 58.4 Å². The Morgan fingerprint density at radius 2 is 1.82 bits per heavy atom. The zero-order valence-electron chi connectivity index (χ0n) is 17.0. The molecule has 0 spiro atoms. The Balaban J connectivity index is 1.79. The first-order valence-electron chi connectivity index (χ1n) is 10.7. The zero-order chi connectivity index (χ0) is 19.7. The Hall–Kier alpha value is -1.73. The number of fused-ring (bicyclic) bond motifs is 3. The van der Waals surface area contributed by atoms with Crippen LogP contribution in [0.25, 0.3) is 10.2 Å². The fraction of sp³-hybridized carbons (Fsp3) is 0.667. The van der Waals surface area contributed by atoms with Crippen LogP contribution in [0.3, 0.4) is 0 Å². The molecule has 0 unspecified atom stereocenters. The molecule has 1 aliphatic carbocycles. The summed E-state index contributed by atoms with van der Waals surface area (Å²) in [7, 11) is 0. The molecule has 1 amide bonds. The first-order valence-corrected chi connectivity index (χ1v) is 11.5. The molecule has 1 saturated heterocycles. The molecule has 6 nitrogen and oxygen atoms in total. The summed E-state index contributed by atoms with van der Waals surface area (Å²) < 4.78 is 1.67. The second-order valence-electron chi connectivity index (χ2n) is 7.86. The van der Waals surface area contributed by atoms with Crippen LogP contribution in [-0.4, -0.2) is 51.4 Å². The number of carbonyl (C=O) groups excluding carboxylic acids is 1. The molecule has 2 aromatic rings. The van der Waals surface area contributed by atoms with Gasteiger partial charge in [0.15, 0.2) is 0 Å². The number of nitrogens with zero attached hydrogens (tertiary/aromatic N) is 4. The number of carbonyl (C=O) groups is 1. The molecular formula is C21H30N4O2S. The van der Waals surface area contributed by atoms with Gasteiger partial charge in [-0.1, -0.05) is 0 Å². The second kappa shape index (κ2) is 8.33. The minimum atomic E-state index is -0.0147. The monoisotopic (exact) mass is 402 g/mol. The van der Waals surface area contributed by atoms with Crippen LogP contribution in [0.1, 0.15) is 55.8 Å². The molecule has 2 aliphatic rings. The summed E-state index contributed by atoms with van der Waals surface area (Å²) in [5.74, 6) is 0.749. The summed E-state index contributed by atoms with van der Waals surface area (Å²) in [4.78, 5) is 37.6. The minimum Gasteiger partial charge on any atom is -0.342 e. The van der Waals surface area contributed by atoms with Crippen molar-refractivity contribution in [2.24, 2.45) is 0 Å². The van der Waals surface area contributed by atoms with Gasteiger partial charge in [0.1, 0.15) is 17.2 Å². The predicted molar refractivity (Wildman–Crippen MR) is 113 cm³/mol. The molecule has 7 heteroatoms. The highest BCUT2D eigenvalue weighted by Crippen LogP contribution is 2.34. The molecule has 28 heavy (non-hydrogen) atoms. The molecule has 0 aromatic carbocycles. The van der Waals surface area contributed by atoms with Crippen molar-refractivity contribution in [3.8, 4) is 0 Å². The van der Waals surface area contributed by atoms with Gasteiger partial charge in [0.05, 0.1) is 11.9 Å². The summed E-state index contributed by atoms with van der Waals surface area (Å²) >= 11 is 1.69. The van der Waals surface area contributed by atoms with Crippen molar-refractivity contribution in [1.82, 2.24) is 19.4 Å². The van der Waals surface area contributed by atoms with E-state index >= 15 is 0 Å². The van der Waals surface area contributed by atoms with E-state index < -0.39 is 0 Å². The number of likely N-dealkylation sites (tertiary alicyclic amines) is 1. The van der Waals surface area contributed by atoms with Crippen molar-refractivity contribution in [1.29, 1.82) is 0 Å². The summed E-state index contributed by atoms with van der Waals surface area (Å²) in [5.41, 5.74) is 1.18. The lowest BCUT2D eigenvalue weighted by Crippen LogP contribution is -2.38. The minimum absolute atomic E-state index is 0.0000177. The Morgan fingerprint density at radius 3 is 2.54 bits per heavy atom. The molecule has 4 rings (SSSR count). The molecule has 1 aliphatic heterocycles. The molecule has 0 radical (unpaired) electrons. The summed E-state index contributed by atoms with van der Waals surface area (Å²) in [6, 6.07) is 0. The van der Waals surface area contributed by atoms with Gasteiger partial charge >= 0.3 is 0 Å². The van der Waals surface area contributed by atoms with Gasteiger partial charge in [-0.15, -0.1) is 11.3 Å². The average molecular weight is 403 g/mol. The third-order valence-corrected chi connectivity index (χ3v) is 7.31. The SMILES string of the molecule is CCN(CC)C(=O)Cn1c(CN2CCCC2)nc2sc3c(c2c1=O)CCCC3. The Morgan fingerprint density at radius 1 is 1.11 bits per heavy atom. The molecule has 0 bridgehead atoms. The molecular weight excluding hydrogens is 372 g/mol. The lowest BCUT2D eigenvalue weighted by molar-refractivity contribution is -0.131. The van der Waals surface area contributed by atoms with Crippen LogP contribution >= 0.6 is 11.3 Å². The molecule has 152 valence electrons. The van der Waals surface area contributed by atoms with Crippen molar-refractivity contribution in [2.45, 2.75) is 65.5 Å². The number of aryl methyl sites for hydroxylation is 2. The van der Waals surface area contributed by atoms with Gasteiger partial charge in [0.2, 0.25) is 5.91 Å². The molecule has 3 heterocycles. The highest BCUT2D eigenvalue weighted by Gasteiger charge is 2.25. The van der Waals surface area contributed by atoms with E-state index in [0.29, 0.717) is 19.6 Å². The first-order chi connectivity index (χ1) is 13.6. The second-order valence-corrected chi connectivity index (χ2v) is 8.94. The molecule has 1 fully saturated rings. The van der Waals surface area contributed by atoms with Crippen molar-refractivity contribution in [3.05, 3.63) is 26.6 Å². The fourth-order valence-corrected chi connectivity index (χ4v) is 5.79. The number of thiophene rings is 1. The normalized spacial score (nSPS) is 17.2. The first kappa shape index (κ1) is 19.6. The quantitative estimate of drug-likeness (QED) is 0.746. The van der Waals surface area contributed by atoms with Crippen molar-refractivity contribution < 1.29 is 4.79 Å². The zero-order valence-corrected chi connectivity index (χ0v) is 17.8. The van der Waals surface area contributed by atoms with Gasteiger partial charge < -0.3 is 4.90 Å². The van der Waals surface area contributed by atoms with E-state index in [4.69, 9.17) is 4.98 Å². The average Bonchev–Trinajstić information content (AvgIpc) is 3.33. The van der Waals surface area contributed by atoms with E-state index in [0.717, 1.165) is 48.4 Å². The molecule has 0 atom stereocenters. The lowest BCUT2D eigenvalue weighted by atomic mass is 9.97. The summed E-state index contributed by atoms with van der Waals surface area (Å²) in [6.45, 7) is 8.11. The summed E-state index contributed by atoms with van der Waals surface area (Å²) in [6.07, 6.45) is 6.72. The highest BCUT2D eigenvalue weighted by atomic mass is 32.1. The number of amides is 1. The van der Waals surface area contributed by atoms with Gasteiger partial charge in [-0.05, 0) is 71.0 Å². The summed E-state index contributed by atoms with van der Waals surface area (Å²) in [5, 5.41) is 0.775. The van der Waals surface area contributed by atoms with Gasteiger partial charge in [0, 0.05) is 18.0 Å². The van der Waals surface area contributed by atoms with Crippen molar-refractivity contribution in [2.75, 3.05) is 26.2 Å². The van der Waals surface area contributed by atoms with Crippen LogP contribution in [0.4, 0.5) is 0 Å². The number of hydrogen-bond acceptors (Lipinski definition) is 5. The number of rotatable bonds is 6. The maximum Gasteiger partial charge on any atom is 0.263 e. The van der Waals surface area contributed by atoms with Crippen molar-refractivity contribution >= 4 is 27.5 Å². The van der Waals surface area contributed by atoms with E-state index in [-0.39, 0.29) is 18.0 Å². The van der Waals surface area contributed by atoms with Crippen LogP contribution in [0, 0.1) is 0 Å². The number of hydrogen-bond donors (Lipinski definition) is 0. The van der Waals surface area contributed by atoms with Crippen LogP contribution < -0.4 is 5.56 Å². The largest absolute Gasteiger partial charge is 0.342 e. The molecule has 0 N–H and O–H groups in total. The van der Waals surface area contributed by atoms with E-state index in [1.165, 1.54) is 29.7 Å². The maximum atomic E-state index is 13.5. The molecule has 0 saturated carbocycles. The standard InChI is InChI=1S/C21H30N4O2S/c1-3-24(4-2)18(26)14-25-17(13-23-11-7-8-12-23)22-20-19(21(25)27)15-9-5-6-10-16(15)28-20/h3-14H2,1-2H3. The maximum absolute atomic E-state index is 13.5. The third-order valence-electron chi connectivity index (χ3n) is 6.13. The Bertz CT molecular complexity index is 923.